The number of rotatable bonds is 3. The first-order valence-corrected chi connectivity index (χ1v) is 5.97. The van der Waals surface area contributed by atoms with Gasteiger partial charge in [0.15, 0.2) is 0 Å². The molecule has 0 saturated carbocycles. The van der Waals surface area contributed by atoms with Crippen molar-refractivity contribution in [2.75, 3.05) is 11.9 Å². The number of nitrogens with one attached hydrogen (secondary N) is 2. The van der Waals surface area contributed by atoms with Gasteiger partial charge in [0, 0.05) is 17.8 Å². The van der Waals surface area contributed by atoms with Gasteiger partial charge >= 0.3 is 5.69 Å². The number of benzene rings is 1. The van der Waals surface area contributed by atoms with Crippen LogP contribution in [0.4, 0.5) is 15.8 Å². The van der Waals surface area contributed by atoms with Gasteiger partial charge < -0.3 is 10.6 Å². The molecule has 1 aliphatic heterocycles. The highest BCUT2D eigenvalue weighted by atomic mass is 19.1. The second-order valence-electron chi connectivity index (χ2n) is 4.61. The van der Waals surface area contributed by atoms with Crippen LogP contribution in [0.1, 0.15) is 13.3 Å². The van der Waals surface area contributed by atoms with Gasteiger partial charge in [-0.25, -0.2) is 0 Å². The van der Waals surface area contributed by atoms with E-state index in [0.29, 0.717) is 0 Å². The van der Waals surface area contributed by atoms with Crippen LogP contribution < -0.4 is 10.6 Å². The van der Waals surface area contributed by atoms with Gasteiger partial charge in [0.25, 0.3) is 0 Å². The van der Waals surface area contributed by atoms with Crippen molar-refractivity contribution in [2.24, 2.45) is 5.92 Å². The van der Waals surface area contributed by atoms with Crippen LogP contribution in [0.25, 0.3) is 0 Å². The lowest BCUT2D eigenvalue weighted by Crippen LogP contribution is -2.39. The maximum atomic E-state index is 13.4. The zero-order chi connectivity index (χ0) is 14.0. The van der Waals surface area contributed by atoms with Crippen LogP contribution in [0, 0.1) is 21.8 Å². The molecule has 2 unspecified atom stereocenters. The number of nitrogens with zero attached hydrogens (tertiary/aromatic N) is 1. The van der Waals surface area contributed by atoms with E-state index in [0.717, 1.165) is 25.1 Å². The van der Waals surface area contributed by atoms with Crippen LogP contribution >= 0.6 is 0 Å². The Kier molecular flexibility index (Phi) is 3.75. The summed E-state index contributed by atoms with van der Waals surface area (Å²) in [4.78, 5) is 21.6. The number of hydrogen-bond donors (Lipinski definition) is 2. The molecule has 1 saturated heterocycles. The second-order valence-corrected chi connectivity index (χ2v) is 4.61. The minimum absolute atomic E-state index is 0.211. The molecule has 1 aliphatic rings. The highest BCUT2D eigenvalue weighted by molar-refractivity contribution is 5.95. The lowest BCUT2D eigenvalue weighted by Gasteiger charge is -2.15. The van der Waals surface area contributed by atoms with E-state index in [-0.39, 0.29) is 23.6 Å². The van der Waals surface area contributed by atoms with E-state index >= 15 is 0 Å². The van der Waals surface area contributed by atoms with Crippen molar-refractivity contribution in [3.8, 4) is 0 Å². The summed E-state index contributed by atoms with van der Waals surface area (Å²) in [6.45, 7) is 2.73. The Morgan fingerprint density at radius 1 is 1.58 bits per heavy atom. The molecule has 1 aromatic carbocycles. The molecular formula is C12H14FN3O3. The van der Waals surface area contributed by atoms with Crippen molar-refractivity contribution >= 4 is 17.3 Å². The van der Waals surface area contributed by atoms with Gasteiger partial charge in [-0.15, -0.1) is 0 Å². The molecule has 102 valence electrons. The highest BCUT2D eigenvalue weighted by Gasteiger charge is 2.29. The minimum atomic E-state index is -0.963. The van der Waals surface area contributed by atoms with Gasteiger partial charge in [0.2, 0.25) is 11.7 Å². The molecule has 0 aliphatic carbocycles. The zero-order valence-corrected chi connectivity index (χ0v) is 10.4. The lowest BCUT2D eigenvalue weighted by molar-refractivity contribution is -0.387. The fourth-order valence-electron chi connectivity index (χ4n) is 2.14. The number of halogens is 1. The number of carbonyl (C=O) groups is 1. The largest absolute Gasteiger partial charge is 0.325 e. The molecule has 6 nitrogen and oxygen atoms in total. The normalized spacial score (nSPS) is 22.2. The van der Waals surface area contributed by atoms with Crippen LogP contribution in [0.15, 0.2) is 18.2 Å². The average Bonchev–Trinajstić information content (AvgIpc) is 2.75. The Balaban J connectivity index is 2.09. The van der Waals surface area contributed by atoms with Crippen molar-refractivity contribution < 1.29 is 14.1 Å². The van der Waals surface area contributed by atoms with Crippen LogP contribution in [-0.2, 0) is 4.79 Å². The molecule has 2 atom stereocenters. The first kappa shape index (κ1) is 13.4. The molecule has 0 aromatic heterocycles. The summed E-state index contributed by atoms with van der Waals surface area (Å²) < 4.78 is 13.4. The second kappa shape index (κ2) is 5.31. The van der Waals surface area contributed by atoms with Gasteiger partial charge in [-0.3, -0.25) is 14.9 Å². The molecule has 1 fully saturated rings. The SMILES string of the molecule is CC1CCNC1C(=O)Nc1ccc([N+](=O)[O-])c(F)c1. The number of nitro benzene ring substituents is 1. The summed E-state index contributed by atoms with van der Waals surface area (Å²) in [7, 11) is 0. The smallest absolute Gasteiger partial charge is 0.304 e. The number of nitro groups is 1. The van der Waals surface area contributed by atoms with Gasteiger partial charge in [0.1, 0.15) is 0 Å². The van der Waals surface area contributed by atoms with Crippen LogP contribution in [0.3, 0.4) is 0 Å². The van der Waals surface area contributed by atoms with Gasteiger partial charge in [-0.1, -0.05) is 6.92 Å². The monoisotopic (exact) mass is 267 g/mol. The first-order valence-electron chi connectivity index (χ1n) is 5.97. The maximum Gasteiger partial charge on any atom is 0.304 e. The molecule has 2 rings (SSSR count). The molecule has 0 radical (unpaired) electrons. The van der Waals surface area contributed by atoms with Crippen molar-refractivity contribution in [3.05, 3.63) is 34.1 Å². The Morgan fingerprint density at radius 2 is 2.32 bits per heavy atom. The average molecular weight is 267 g/mol. The molecule has 1 aromatic rings. The highest BCUT2D eigenvalue weighted by Crippen LogP contribution is 2.22. The standard InChI is InChI=1S/C12H14FN3O3/c1-7-4-5-14-11(7)12(17)15-8-2-3-10(16(18)19)9(13)6-8/h2-3,6-7,11,14H,4-5H2,1H3,(H,15,17). The molecule has 1 amide bonds. The fourth-order valence-corrected chi connectivity index (χ4v) is 2.14. The summed E-state index contributed by atoms with van der Waals surface area (Å²) in [6, 6.07) is 3.00. The predicted octanol–water partition coefficient (Wildman–Crippen LogP) is 1.67. The third kappa shape index (κ3) is 2.87. The third-order valence-corrected chi connectivity index (χ3v) is 3.23. The summed E-state index contributed by atoms with van der Waals surface area (Å²) in [5.41, 5.74) is -0.389. The van der Waals surface area contributed by atoms with E-state index in [4.69, 9.17) is 0 Å². The van der Waals surface area contributed by atoms with E-state index < -0.39 is 16.4 Å². The Bertz CT molecular complexity index is 521. The summed E-state index contributed by atoms with van der Waals surface area (Å²) in [5.74, 6) is -1.00. The molecule has 1 heterocycles. The molecule has 7 heteroatoms. The quantitative estimate of drug-likeness (QED) is 0.644. The van der Waals surface area contributed by atoms with Gasteiger partial charge in [-0.05, 0) is 24.9 Å². The van der Waals surface area contributed by atoms with Crippen molar-refractivity contribution in [2.45, 2.75) is 19.4 Å². The first-order chi connectivity index (χ1) is 8.99. The molecular weight excluding hydrogens is 253 g/mol. The predicted molar refractivity (Wildman–Crippen MR) is 67.3 cm³/mol. The van der Waals surface area contributed by atoms with Crippen molar-refractivity contribution in [1.29, 1.82) is 0 Å². The van der Waals surface area contributed by atoms with E-state index in [9.17, 15) is 19.3 Å². The topological polar surface area (TPSA) is 84.3 Å². The summed E-state index contributed by atoms with van der Waals surface area (Å²) in [6.07, 6.45) is 0.909. The minimum Gasteiger partial charge on any atom is -0.325 e. The molecule has 2 N–H and O–H groups in total. The zero-order valence-electron chi connectivity index (χ0n) is 10.4. The maximum absolute atomic E-state index is 13.4. The molecule has 0 spiro atoms. The van der Waals surface area contributed by atoms with E-state index in [1.165, 1.54) is 6.07 Å². The lowest BCUT2D eigenvalue weighted by atomic mass is 10.0. The Hall–Kier alpha value is -2.02. The molecule has 19 heavy (non-hydrogen) atoms. The van der Waals surface area contributed by atoms with Gasteiger partial charge in [-0.2, -0.15) is 4.39 Å². The number of anilines is 1. The van der Waals surface area contributed by atoms with Crippen LogP contribution in [0.5, 0.6) is 0 Å². The van der Waals surface area contributed by atoms with Crippen molar-refractivity contribution in [1.82, 2.24) is 5.32 Å². The number of carbonyl (C=O) groups excluding carboxylic acids is 1. The third-order valence-electron chi connectivity index (χ3n) is 3.23. The molecule has 0 bridgehead atoms. The van der Waals surface area contributed by atoms with E-state index in [1.807, 2.05) is 6.92 Å². The summed E-state index contributed by atoms with van der Waals surface area (Å²) >= 11 is 0. The van der Waals surface area contributed by atoms with E-state index in [2.05, 4.69) is 10.6 Å². The Morgan fingerprint density at radius 3 is 2.84 bits per heavy atom. The van der Waals surface area contributed by atoms with Crippen LogP contribution in [0.2, 0.25) is 0 Å². The van der Waals surface area contributed by atoms with Gasteiger partial charge in [0.05, 0.1) is 11.0 Å². The Labute approximate surface area is 109 Å². The number of amides is 1. The van der Waals surface area contributed by atoms with Crippen LogP contribution in [-0.4, -0.2) is 23.4 Å². The number of hydrogen-bond acceptors (Lipinski definition) is 4. The van der Waals surface area contributed by atoms with Crippen molar-refractivity contribution in [3.63, 3.8) is 0 Å². The fraction of sp³-hybridized carbons (Fsp3) is 0.417. The summed E-state index contributed by atoms with van der Waals surface area (Å²) in [5, 5.41) is 16.1. The van der Waals surface area contributed by atoms with E-state index in [1.54, 1.807) is 0 Å².